The van der Waals surface area contributed by atoms with Gasteiger partial charge in [-0.2, -0.15) is 0 Å². The number of carbonyl (C=O) groups is 1. The van der Waals surface area contributed by atoms with Crippen LogP contribution in [-0.4, -0.2) is 69.7 Å². The van der Waals surface area contributed by atoms with Gasteiger partial charge in [0.05, 0.1) is 7.11 Å². The van der Waals surface area contributed by atoms with E-state index >= 15 is 0 Å². The van der Waals surface area contributed by atoms with Crippen LogP contribution in [0.2, 0.25) is 0 Å². The van der Waals surface area contributed by atoms with Crippen molar-refractivity contribution in [1.82, 2.24) is 15.5 Å². The molecule has 2 heterocycles. The molecule has 1 aromatic carbocycles. The standard InChI is InChI=1S/C24H39N5O2/c1-3-25-24(26-13-8-15-28-14-6-4-5-11-23(28)30)27-18-20-12-16-29(19-20)21-9-7-10-22(17-21)31-2/h7,9-10,17,20H,3-6,8,11-16,18-19H2,1-2H3,(H2,25,26,27). The Morgan fingerprint density at radius 3 is 2.97 bits per heavy atom. The van der Waals surface area contributed by atoms with Crippen molar-refractivity contribution in [2.45, 2.75) is 45.4 Å². The second kappa shape index (κ2) is 12.4. The number of anilines is 1. The number of nitrogens with one attached hydrogen (secondary N) is 2. The van der Waals surface area contributed by atoms with Crippen LogP contribution >= 0.6 is 0 Å². The van der Waals surface area contributed by atoms with E-state index in [2.05, 4.69) is 34.6 Å². The highest BCUT2D eigenvalue weighted by Crippen LogP contribution is 2.27. The summed E-state index contributed by atoms with van der Waals surface area (Å²) in [6.45, 7) is 8.41. The van der Waals surface area contributed by atoms with Crippen LogP contribution in [0.5, 0.6) is 5.75 Å². The quantitative estimate of drug-likeness (QED) is 0.359. The van der Waals surface area contributed by atoms with Crippen molar-refractivity contribution in [3.05, 3.63) is 24.3 Å². The second-order valence-corrected chi connectivity index (χ2v) is 8.49. The van der Waals surface area contributed by atoms with Crippen LogP contribution in [0.4, 0.5) is 5.69 Å². The van der Waals surface area contributed by atoms with Crippen molar-refractivity contribution in [2.75, 3.05) is 57.8 Å². The van der Waals surface area contributed by atoms with Crippen LogP contribution < -0.4 is 20.3 Å². The number of guanidine groups is 1. The first kappa shape index (κ1) is 23.2. The number of aliphatic imine (C=N–C) groups is 1. The summed E-state index contributed by atoms with van der Waals surface area (Å²) in [5.41, 5.74) is 1.22. The summed E-state index contributed by atoms with van der Waals surface area (Å²) in [6.07, 6.45) is 6.17. The van der Waals surface area contributed by atoms with E-state index < -0.39 is 0 Å². The molecule has 0 radical (unpaired) electrons. The molecule has 7 nitrogen and oxygen atoms in total. The van der Waals surface area contributed by atoms with Gasteiger partial charge in [0.2, 0.25) is 5.91 Å². The Hall–Kier alpha value is -2.44. The van der Waals surface area contributed by atoms with Crippen LogP contribution in [-0.2, 0) is 4.79 Å². The van der Waals surface area contributed by atoms with E-state index in [1.54, 1.807) is 7.11 Å². The fourth-order valence-electron chi connectivity index (χ4n) is 4.34. The number of methoxy groups -OCH3 is 1. The molecule has 0 bridgehead atoms. The van der Waals surface area contributed by atoms with Crippen LogP contribution in [0.15, 0.2) is 29.3 Å². The molecule has 1 atom stereocenters. The lowest BCUT2D eigenvalue weighted by Gasteiger charge is -2.21. The second-order valence-electron chi connectivity index (χ2n) is 8.49. The van der Waals surface area contributed by atoms with E-state index in [0.717, 1.165) is 83.2 Å². The molecule has 2 aliphatic heterocycles. The summed E-state index contributed by atoms with van der Waals surface area (Å²) >= 11 is 0. The average Bonchev–Trinajstić information content (AvgIpc) is 3.18. The van der Waals surface area contributed by atoms with Crippen LogP contribution in [0.1, 0.15) is 45.4 Å². The maximum Gasteiger partial charge on any atom is 0.222 e. The van der Waals surface area contributed by atoms with Crippen molar-refractivity contribution in [2.24, 2.45) is 10.9 Å². The Kier molecular flexibility index (Phi) is 9.31. The number of hydrogen-bond donors (Lipinski definition) is 2. The Balaban J connectivity index is 1.42. The monoisotopic (exact) mass is 429 g/mol. The topological polar surface area (TPSA) is 69.2 Å². The zero-order valence-electron chi connectivity index (χ0n) is 19.2. The van der Waals surface area contributed by atoms with E-state index in [-0.39, 0.29) is 0 Å². The van der Waals surface area contributed by atoms with Gasteiger partial charge < -0.3 is 25.2 Å². The molecule has 2 fully saturated rings. The van der Waals surface area contributed by atoms with E-state index in [0.29, 0.717) is 18.2 Å². The average molecular weight is 430 g/mol. The summed E-state index contributed by atoms with van der Waals surface area (Å²) in [4.78, 5) is 21.4. The molecule has 0 aromatic heterocycles. The van der Waals surface area contributed by atoms with Gasteiger partial charge in [-0.25, -0.2) is 0 Å². The third kappa shape index (κ3) is 7.33. The van der Waals surface area contributed by atoms with E-state index in [9.17, 15) is 4.79 Å². The first-order valence-corrected chi connectivity index (χ1v) is 11.9. The van der Waals surface area contributed by atoms with Crippen LogP contribution in [0, 0.1) is 5.92 Å². The highest BCUT2D eigenvalue weighted by Gasteiger charge is 2.23. The van der Waals surface area contributed by atoms with Crippen molar-refractivity contribution in [1.29, 1.82) is 0 Å². The maximum atomic E-state index is 12.1. The van der Waals surface area contributed by atoms with Gasteiger partial charge in [0.1, 0.15) is 5.75 Å². The Bertz CT molecular complexity index is 724. The smallest absolute Gasteiger partial charge is 0.222 e. The highest BCUT2D eigenvalue weighted by molar-refractivity contribution is 5.79. The summed E-state index contributed by atoms with van der Waals surface area (Å²) in [6, 6.07) is 8.28. The Morgan fingerprint density at radius 2 is 2.13 bits per heavy atom. The molecule has 1 amide bonds. The third-order valence-electron chi connectivity index (χ3n) is 6.12. The molecule has 0 aliphatic carbocycles. The summed E-state index contributed by atoms with van der Waals surface area (Å²) < 4.78 is 5.36. The van der Waals surface area contributed by atoms with Crippen molar-refractivity contribution >= 4 is 17.6 Å². The minimum absolute atomic E-state index is 0.319. The van der Waals surface area contributed by atoms with Crippen molar-refractivity contribution in [3.63, 3.8) is 0 Å². The van der Waals surface area contributed by atoms with Gasteiger partial charge in [-0.05, 0) is 50.7 Å². The van der Waals surface area contributed by atoms with Gasteiger partial charge in [0.25, 0.3) is 0 Å². The number of benzene rings is 1. The fraction of sp³-hybridized carbons (Fsp3) is 0.667. The molecule has 2 aliphatic rings. The lowest BCUT2D eigenvalue weighted by molar-refractivity contribution is -0.130. The van der Waals surface area contributed by atoms with Gasteiger partial charge in [-0.3, -0.25) is 9.79 Å². The minimum atomic E-state index is 0.319. The number of nitrogens with zero attached hydrogens (tertiary/aromatic N) is 3. The van der Waals surface area contributed by atoms with Gasteiger partial charge in [0, 0.05) is 64.0 Å². The lowest BCUT2D eigenvalue weighted by Crippen LogP contribution is -2.39. The first-order chi connectivity index (χ1) is 15.2. The number of carbonyl (C=O) groups excluding carboxylic acids is 1. The maximum absolute atomic E-state index is 12.1. The number of ether oxygens (including phenoxy) is 1. The largest absolute Gasteiger partial charge is 0.497 e. The van der Waals surface area contributed by atoms with E-state index in [1.165, 1.54) is 12.1 Å². The minimum Gasteiger partial charge on any atom is -0.497 e. The molecule has 7 heteroatoms. The van der Waals surface area contributed by atoms with Crippen molar-refractivity contribution in [3.8, 4) is 5.75 Å². The van der Waals surface area contributed by atoms with Gasteiger partial charge in [-0.1, -0.05) is 12.5 Å². The highest BCUT2D eigenvalue weighted by atomic mass is 16.5. The Labute approximate surface area is 187 Å². The molecule has 31 heavy (non-hydrogen) atoms. The predicted octanol–water partition coefficient (Wildman–Crippen LogP) is 2.87. The zero-order chi connectivity index (χ0) is 21.9. The van der Waals surface area contributed by atoms with Gasteiger partial charge >= 0.3 is 0 Å². The van der Waals surface area contributed by atoms with Gasteiger partial charge in [0.15, 0.2) is 5.96 Å². The van der Waals surface area contributed by atoms with Crippen LogP contribution in [0.3, 0.4) is 0 Å². The molecular formula is C24H39N5O2. The van der Waals surface area contributed by atoms with E-state index in [1.807, 2.05) is 17.0 Å². The normalized spacial score (nSPS) is 20.0. The number of hydrogen-bond acceptors (Lipinski definition) is 4. The molecule has 0 saturated carbocycles. The molecular weight excluding hydrogens is 390 g/mol. The molecule has 172 valence electrons. The number of amides is 1. The molecule has 1 aromatic rings. The number of rotatable bonds is 9. The molecule has 2 saturated heterocycles. The molecule has 2 N–H and O–H groups in total. The lowest BCUT2D eigenvalue weighted by atomic mass is 10.1. The van der Waals surface area contributed by atoms with Gasteiger partial charge in [-0.15, -0.1) is 0 Å². The molecule has 1 unspecified atom stereocenters. The SMILES string of the molecule is CCNC(=NCC1CCN(c2cccc(OC)c2)C1)NCCCN1CCCCCC1=O. The predicted molar refractivity (Wildman–Crippen MR) is 127 cm³/mol. The zero-order valence-corrected chi connectivity index (χ0v) is 19.2. The summed E-state index contributed by atoms with van der Waals surface area (Å²) in [5.74, 6) is 2.65. The first-order valence-electron chi connectivity index (χ1n) is 11.9. The molecule has 0 spiro atoms. The van der Waals surface area contributed by atoms with Crippen LogP contribution in [0.25, 0.3) is 0 Å². The Morgan fingerprint density at radius 1 is 1.23 bits per heavy atom. The fourth-order valence-corrected chi connectivity index (χ4v) is 4.34. The molecule has 3 rings (SSSR count). The summed E-state index contributed by atoms with van der Waals surface area (Å²) in [7, 11) is 1.71. The van der Waals surface area contributed by atoms with Crippen molar-refractivity contribution < 1.29 is 9.53 Å². The third-order valence-corrected chi connectivity index (χ3v) is 6.12. The summed E-state index contributed by atoms with van der Waals surface area (Å²) in [5, 5.41) is 6.79. The van der Waals surface area contributed by atoms with E-state index in [4.69, 9.17) is 9.73 Å². The number of likely N-dealkylation sites (tertiary alicyclic amines) is 1.